The maximum absolute atomic E-state index is 5.86. The van der Waals surface area contributed by atoms with Crippen LogP contribution in [0.15, 0.2) is 42.6 Å². The highest BCUT2D eigenvalue weighted by Crippen LogP contribution is 2.28. The van der Waals surface area contributed by atoms with Crippen molar-refractivity contribution in [3.8, 4) is 11.1 Å². The summed E-state index contributed by atoms with van der Waals surface area (Å²) in [5.74, 6) is 0.939. The standard InChI is InChI=1S/C14H17N3/c1-17(2)14-13(10-15)12(8-9-16-14)11-6-4-3-5-7-11/h3-9H,10,15H2,1-2H3. The molecule has 2 N–H and O–H groups in total. The SMILES string of the molecule is CN(C)c1nccc(-c2ccccc2)c1CN. The number of hydrogen-bond acceptors (Lipinski definition) is 3. The molecule has 0 amide bonds. The predicted octanol–water partition coefficient (Wildman–Crippen LogP) is 2.27. The smallest absolute Gasteiger partial charge is 0.133 e. The highest BCUT2D eigenvalue weighted by Gasteiger charge is 2.10. The molecule has 0 aliphatic rings. The number of benzene rings is 1. The third-order valence-corrected chi connectivity index (χ3v) is 2.75. The Balaban J connectivity index is 2.59. The first-order valence-electron chi connectivity index (χ1n) is 5.64. The van der Waals surface area contributed by atoms with E-state index in [2.05, 4.69) is 17.1 Å². The molecule has 0 radical (unpaired) electrons. The molecule has 0 unspecified atom stereocenters. The minimum atomic E-state index is 0.492. The molecule has 0 bridgehead atoms. The molecule has 1 aromatic heterocycles. The van der Waals surface area contributed by atoms with Crippen LogP contribution in [0.4, 0.5) is 5.82 Å². The van der Waals surface area contributed by atoms with Gasteiger partial charge in [-0.05, 0) is 17.2 Å². The molecule has 0 atom stereocenters. The van der Waals surface area contributed by atoms with Gasteiger partial charge >= 0.3 is 0 Å². The van der Waals surface area contributed by atoms with Crippen LogP contribution in [0.5, 0.6) is 0 Å². The third-order valence-electron chi connectivity index (χ3n) is 2.75. The van der Waals surface area contributed by atoms with Gasteiger partial charge in [0.15, 0.2) is 0 Å². The van der Waals surface area contributed by atoms with Gasteiger partial charge in [0.2, 0.25) is 0 Å². The van der Waals surface area contributed by atoms with Gasteiger partial charge in [-0.25, -0.2) is 4.98 Å². The molecule has 0 saturated heterocycles. The Labute approximate surface area is 102 Å². The maximum Gasteiger partial charge on any atom is 0.133 e. The van der Waals surface area contributed by atoms with Crippen molar-refractivity contribution < 1.29 is 0 Å². The van der Waals surface area contributed by atoms with Crippen LogP contribution in [0.25, 0.3) is 11.1 Å². The molecule has 1 aromatic carbocycles. The summed E-state index contributed by atoms with van der Waals surface area (Å²) in [6, 6.07) is 12.3. The van der Waals surface area contributed by atoms with Crippen LogP contribution in [0, 0.1) is 0 Å². The zero-order chi connectivity index (χ0) is 12.3. The number of anilines is 1. The molecule has 88 valence electrons. The van der Waals surface area contributed by atoms with Gasteiger partial charge < -0.3 is 10.6 Å². The molecule has 1 heterocycles. The Kier molecular flexibility index (Phi) is 3.40. The lowest BCUT2D eigenvalue weighted by atomic mass is 10.0. The normalized spacial score (nSPS) is 10.3. The molecule has 2 aromatic rings. The number of nitrogens with two attached hydrogens (primary N) is 1. The van der Waals surface area contributed by atoms with Crippen molar-refractivity contribution in [2.45, 2.75) is 6.54 Å². The van der Waals surface area contributed by atoms with Gasteiger partial charge in [0.25, 0.3) is 0 Å². The summed E-state index contributed by atoms with van der Waals surface area (Å²) in [4.78, 5) is 6.38. The molecule has 0 fully saturated rings. The Morgan fingerprint density at radius 3 is 2.41 bits per heavy atom. The lowest BCUT2D eigenvalue weighted by Crippen LogP contribution is -2.15. The summed E-state index contributed by atoms with van der Waals surface area (Å²) in [5.41, 5.74) is 9.28. The Bertz CT molecular complexity index is 492. The summed E-state index contributed by atoms with van der Waals surface area (Å²) in [7, 11) is 3.96. The number of rotatable bonds is 3. The van der Waals surface area contributed by atoms with Crippen molar-refractivity contribution in [1.82, 2.24) is 4.98 Å². The van der Waals surface area contributed by atoms with Crippen molar-refractivity contribution in [3.05, 3.63) is 48.2 Å². The number of pyridine rings is 1. The Hall–Kier alpha value is -1.87. The van der Waals surface area contributed by atoms with E-state index in [-0.39, 0.29) is 0 Å². The zero-order valence-electron chi connectivity index (χ0n) is 10.2. The van der Waals surface area contributed by atoms with E-state index in [1.807, 2.05) is 49.5 Å². The first-order chi connectivity index (χ1) is 8.24. The lowest BCUT2D eigenvalue weighted by Gasteiger charge is -2.18. The van der Waals surface area contributed by atoms with E-state index in [1.165, 1.54) is 5.56 Å². The summed E-state index contributed by atoms with van der Waals surface area (Å²) in [6.45, 7) is 0.492. The van der Waals surface area contributed by atoms with E-state index in [1.54, 1.807) is 0 Å². The molecule has 0 aliphatic heterocycles. The van der Waals surface area contributed by atoms with Crippen molar-refractivity contribution in [2.75, 3.05) is 19.0 Å². The van der Waals surface area contributed by atoms with Crippen LogP contribution in [-0.4, -0.2) is 19.1 Å². The Morgan fingerprint density at radius 2 is 1.82 bits per heavy atom. The molecular formula is C14H17N3. The van der Waals surface area contributed by atoms with Crippen molar-refractivity contribution in [2.24, 2.45) is 5.73 Å². The van der Waals surface area contributed by atoms with Crippen LogP contribution in [0.1, 0.15) is 5.56 Å². The maximum atomic E-state index is 5.86. The van der Waals surface area contributed by atoms with E-state index in [4.69, 9.17) is 5.73 Å². The van der Waals surface area contributed by atoms with E-state index >= 15 is 0 Å². The fourth-order valence-electron chi connectivity index (χ4n) is 1.96. The monoisotopic (exact) mass is 227 g/mol. The highest BCUT2D eigenvalue weighted by atomic mass is 15.1. The number of aromatic nitrogens is 1. The minimum absolute atomic E-state index is 0.492. The summed E-state index contributed by atoms with van der Waals surface area (Å²) in [5, 5.41) is 0. The second-order valence-electron chi connectivity index (χ2n) is 4.13. The van der Waals surface area contributed by atoms with Gasteiger partial charge in [0, 0.05) is 32.4 Å². The topological polar surface area (TPSA) is 42.2 Å². The summed E-state index contributed by atoms with van der Waals surface area (Å²) in [6.07, 6.45) is 1.83. The van der Waals surface area contributed by atoms with Crippen LogP contribution < -0.4 is 10.6 Å². The fraction of sp³-hybridized carbons (Fsp3) is 0.214. The first-order valence-corrected chi connectivity index (χ1v) is 5.64. The van der Waals surface area contributed by atoms with Gasteiger partial charge in [0.05, 0.1) is 0 Å². The predicted molar refractivity (Wildman–Crippen MR) is 71.9 cm³/mol. The lowest BCUT2D eigenvalue weighted by molar-refractivity contribution is 0.988. The number of hydrogen-bond donors (Lipinski definition) is 1. The van der Waals surface area contributed by atoms with Gasteiger partial charge in [-0.3, -0.25) is 0 Å². The second-order valence-corrected chi connectivity index (χ2v) is 4.13. The van der Waals surface area contributed by atoms with E-state index in [0.29, 0.717) is 6.54 Å². The molecule has 3 nitrogen and oxygen atoms in total. The van der Waals surface area contributed by atoms with E-state index in [9.17, 15) is 0 Å². The molecule has 17 heavy (non-hydrogen) atoms. The average Bonchev–Trinajstić information content (AvgIpc) is 2.38. The molecular weight excluding hydrogens is 210 g/mol. The van der Waals surface area contributed by atoms with Crippen LogP contribution >= 0.6 is 0 Å². The van der Waals surface area contributed by atoms with Crippen molar-refractivity contribution in [3.63, 3.8) is 0 Å². The second kappa shape index (κ2) is 4.97. The van der Waals surface area contributed by atoms with Crippen LogP contribution in [0.3, 0.4) is 0 Å². The first kappa shape index (κ1) is 11.6. The quantitative estimate of drug-likeness (QED) is 0.874. The zero-order valence-corrected chi connectivity index (χ0v) is 10.2. The Morgan fingerprint density at radius 1 is 1.12 bits per heavy atom. The molecule has 0 spiro atoms. The third kappa shape index (κ3) is 2.29. The molecule has 0 saturated carbocycles. The van der Waals surface area contributed by atoms with Gasteiger partial charge in [-0.2, -0.15) is 0 Å². The summed E-state index contributed by atoms with van der Waals surface area (Å²) < 4.78 is 0. The minimum Gasteiger partial charge on any atom is -0.362 e. The van der Waals surface area contributed by atoms with Crippen LogP contribution in [-0.2, 0) is 6.54 Å². The van der Waals surface area contributed by atoms with Crippen molar-refractivity contribution >= 4 is 5.82 Å². The molecule has 0 aliphatic carbocycles. The van der Waals surface area contributed by atoms with E-state index < -0.39 is 0 Å². The number of nitrogens with zero attached hydrogens (tertiary/aromatic N) is 2. The summed E-state index contributed by atoms with van der Waals surface area (Å²) >= 11 is 0. The van der Waals surface area contributed by atoms with Gasteiger partial charge in [0.1, 0.15) is 5.82 Å². The largest absolute Gasteiger partial charge is 0.362 e. The molecule has 2 rings (SSSR count). The average molecular weight is 227 g/mol. The van der Waals surface area contributed by atoms with Crippen molar-refractivity contribution in [1.29, 1.82) is 0 Å². The fourth-order valence-corrected chi connectivity index (χ4v) is 1.96. The van der Waals surface area contributed by atoms with E-state index in [0.717, 1.165) is 16.9 Å². The van der Waals surface area contributed by atoms with Gasteiger partial charge in [-0.15, -0.1) is 0 Å². The molecule has 3 heteroatoms. The van der Waals surface area contributed by atoms with Gasteiger partial charge in [-0.1, -0.05) is 30.3 Å². The highest BCUT2D eigenvalue weighted by molar-refractivity contribution is 5.72. The van der Waals surface area contributed by atoms with Crippen LogP contribution in [0.2, 0.25) is 0 Å².